The van der Waals surface area contributed by atoms with Crippen LogP contribution < -0.4 is 5.32 Å². The number of hydrogen-bond acceptors (Lipinski definition) is 5. The van der Waals surface area contributed by atoms with E-state index in [1.54, 1.807) is 27.4 Å². The Bertz CT molecular complexity index is 1140. The Kier molecular flexibility index (Phi) is 3.48. The molecule has 26 heavy (non-hydrogen) atoms. The number of carbonyl (C=O) groups excluding carboxylic acids is 1. The maximum absolute atomic E-state index is 12.4. The smallest absolute Gasteiger partial charge is 0.226 e. The number of nitrogens with one attached hydrogen (secondary N) is 1. The molecule has 4 aromatic rings. The van der Waals surface area contributed by atoms with E-state index < -0.39 is 0 Å². The summed E-state index contributed by atoms with van der Waals surface area (Å²) in [6.07, 6.45) is 0.454. The van der Waals surface area contributed by atoms with Gasteiger partial charge in [-0.05, 0) is 53.9 Å². The normalized spacial score (nSPS) is 16.7. The zero-order chi connectivity index (χ0) is 17.8. The van der Waals surface area contributed by atoms with Crippen molar-refractivity contribution in [2.75, 3.05) is 5.32 Å². The Balaban J connectivity index is 1.69. The first-order valence-corrected chi connectivity index (χ1v) is 10.1. The van der Waals surface area contributed by atoms with Gasteiger partial charge >= 0.3 is 0 Å². The van der Waals surface area contributed by atoms with Crippen molar-refractivity contribution in [3.05, 3.63) is 57.4 Å². The maximum Gasteiger partial charge on any atom is 0.226 e. The van der Waals surface area contributed by atoms with Gasteiger partial charge in [0.2, 0.25) is 11.0 Å². The number of rotatable bonds is 2. The summed E-state index contributed by atoms with van der Waals surface area (Å²) in [6.45, 7) is 4.08. The number of benzene rings is 1. The number of aryl methyl sites for hydroxylation is 2. The van der Waals surface area contributed by atoms with Crippen molar-refractivity contribution in [2.24, 2.45) is 0 Å². The molecule has 5 nitrogen and oxygen atoms in total. The van der Waals surface area contributed by atoms with Crippen LogP contribution >= 0.6 is 22.7 Å². The number of aromatic nitrogens is 3. The molecule has 1 aliphatic rings. The van der Waals surface area contributed by atoms with E-state index in [-0.39, 0.29) is 11.8 Å². The highest BCUT2D eigenvalue weighted by Crippen LogP contribution is 2.41. The molecule has 0 aliphatic carbocycles. The largest absolute Gasteiger partial charge is 0.310 e. The Morgan fingerprint density at radius 2 is 2.15 bits per heavy atom. The number of nitrogens with zero attached hydrogens (tertiary/aromatic N) is 3. The molecule has 7 heteroatoms. The summed E-state index contributed by atoms with van der Waals surface area (Å²) in [4.78, 5) is 17.1. The fourth-order valence-corrected chi connectivity index (χ4v) is 5.29. The van der Waals surface area contributed by atoms with Crippen molar-refractivity contribution in [2.45, 2.75) is 26.2 Å². The average molecular weight is 380 g/mol. The number of thiophene rings is 1. The first kappa shape index (κ1) is 15.7. The van der Waals surface area contributed by atoms with Crippen LogP contribution in [0.15, 0.2) is 35.0 Å². The van der Waals surface area contributed by atoms with Crippen LogP contribution in [0, 0.1) is 13.8 Å². The van der Waals surface area contributed by atoms with Crippen molar-refractivity contribution in [1.29, 1.82) is 0 Å². The SMILES string of the molecule is Cc1ccc2nc(-n3nc(C)c4c3NC(=O)C[C@H]4c3ccsc3)sc2c1. The molecule has 1 aromatic carbocycles. The molecule has 1 aliphatic heterocycles. The Hall–Kier alpha value is -2.51. The Morgan fingerprint density at radius 1 is 1.27 bits per heavy atom. The molecule has 0 radical (unpaired) electrons. The molecule has 1 N–H and O–H groups in total. The second kappa shape index (κ2) is 5.75. The molecule has 1 amide bonds. The van der Waals surface area contributed by atoms with Crippen LogP contribution in [-0.2, 0) is 4.79 Å². The summed E-state index contributed by atoms with van der Waals surface area (Å²) >= 11 is 3.24. The number of fused-ring (bicyclic) bond motifs is 2. The van der Waals surface area contributed by atoms with Gasteiger partial charge in [-0.2, -0.15) is 21.1 Å². The van der Waals surface area contributed by atoms with Gasteiger partial charge in [0.15, 0.2) is 0 Å². The van der Waals surface area contributed by atoms with Crippen LogP contribution in [0.4, 0.5) is 5.82 Å². The van der Waals surface area contributed by atoms with Crippen LogP contribution in [0.1, 0.15) is 34.7 Å². The molecule has 0 saturated heterocycles. The van der Waals surface area contributed by atoms with Gasteiger partial charge in [-0.3, -0.25) is 4.79 Å². The lowest BCUT2D eigenvalue weighted by atomic mass is 9.87. The van der Waals surface area contributed by atoms with Crippen LogP contribution in [0.3, 0.4) is 0 Å². The monoisotopic (exact) mass is 380 g/mol. The molecule has 4 heterocycles. The van der Waals surface area contributed by atoms with Gasteiger partial charge in [0.05, 0.1) is 15.9 Å². The van der Waals surface area contributed by atoms with Gasteiger partial charge in [-0.15, -0.1) is 0 Å². The van der Waals surface area contributed by atoms with Crippen molar-refractivity contribution < 1.29 is 4.79 Å². The minimum Gasteiger partial charge on any atom is -0.310 e. The minimum atomic E-state index is 0.0202. The third-order valence-electron chi connectivity index (χ3n) is 4.76. The molecule has 3 aromatic heterocycles. The number of thiazole rings is 1. The van der Waals surface area contributed by atoms with E-state index in [9.17, 15) is 4.79 Å². The highest BCUT2D eigenvalue weighted by atomic mass is 32.1. The Labute approximate surface area is 158 Å². The minimum absolute atomic E-state index is 0.0202. The highest BCUT2D eigenvalue weighted by molar-refractivity contribution is 7.20. The first-order valence-electron chi connectivity index (χ1n) is 8.39. The summed E-state index contributed by atoms with van der Waals surface area (Å²) in [7, 11) is 0. The summed E-state index contributed by atoms with van der Waals surface area (Å²) in [6, 6.07) is 8.31. The van der Waals surface area contributed by atoms with Crippen LogP contribution in [-0.4, -0.2) is 20.7 Å². The van der Waals surface area contributed by atoms with Crippen molar-refractivity contribution in [3.8, 4) is 5.13 Å². The summed E-state index contributed by atoms with van der Waals surface area (Å²) in [5, 5.41) is 12.7. The summed E-state index contributed by atoms with van der Waals surface area (Å²) < 4.78 is 2.92. The molecule has 5 rings (SSSR count). The standard InChI is InChI=1S/C19H16N4OS2/c1-10-3-4-14-15(7-10)26-19(20-14)23-18-17(11(2)22-23)13(8-16(24)21-18)12-5-6-25-9-12/h3-7,9,13H,8H2,1-2H3,(H,21,24)/t13-/m0/s1. The van der Waals surface area contributed by atoms with Crippen molar-refractivity contribution in [1.82, 2.24) is 14.8 Å². The molecule has 0 saturated carbocycles. The van der Waals surface area contributed by atoms with Gasteiger partial charge in [-0.1, -0.05) is 17.4 Å². The van der Waals surface area contributed by atoms with Gasteiger partial charge in [0, 0.05) is 17.9 Å². The molecule has 1 atom stereocenters. The summed E-state index contributed by atoms with van der Waals surface area (Å²) in [5.41, 5.74) is 5.37. The lowest BCUT2D eigenvalue weighted by molar-refractivity contribution is -0.116. The highest BCUT2D eigenvalue weighted by Gasteiger charge is 2.33. The quantitative estimate of drug-likeness (QED) is 0.551. The molecule has 0 unspecified atom stereocenters. The summed E-state index contributed by atoms with van der Waals surface area (Å²) in [5.74, 6) is 0.827. The average Bonchev–Trinajstić information content (AvgIpc) is 3.32. The zero-order valence-electron chi connectivity index (χ0n) is 14.3. The maximum atomic E-state index is 12.4. The van der Waals surface area contributed by atoms with E-state index in [2.05, 4.69) is 41.2 Å². The predicted molar refractivity (Wildman–Crippen MR) is 106 cm³/mol. The van der Waals surface area contributed by atoms with E-state index in [4.69, 9.17) is 10.1 Å². The molecular weight excluding hydrogens is 364 g/mol. The Morgan fingerprint density at radius 3 is 2.96 bits per heavy atom. The van der Waals surface area contributed by atoms with E-state index in [0.717, 1.165) is 32.4 Å². The van der Waals surface area contributed by atoms with E-state index in [1.165, 1.54) is 11.1 Å². The second-order valence-corrected chi connectivity index (χ2v) is 8.38. The molecule has 130 valence electrons. The molecule has 0 bridgehead atoms. The number of hydrogen-bond donors (Lipinski definition) is 1. The van der Waals surface area contributed by atoms with Crippen LogP contribution in [0.2, 0.25) is 0 Å². The number of carbonyl (C=O) groups is 1. The fraction of sp³-hybridized carbons (Fsp3) is 0.211. The van der Waals surface area contributed by atoms with Gasteiger partial charge < -0.3 is 5.32 Å². The van der Waals surface area contributed by atoms with E-state index >= 15 is 0 Å². The van der Waals surface area contributed by atoms with Crippen LogP contribution in [0.25, 0.3) is 15.3 Å². The van der Waals surface area contributed by atoms with Gasteiger partial charge in [0.1, 0.15) is 5.82 Å². The number of anilines is 1. The third-order valence-corrected chi connectivity index (χ3v) is 6.46. The zero-order valence-corrected chi connectivity index (χ0v) is 15.9. The van der Waals surface area contributed by atoms with Crippen molar-refractivity contribution >= 4 is 44.6 Å². The number of amides is 1. The topological polar surface area (TPSA) is 59.8 Å². The van der Waals surface area contributed by atoms with Crippen molar-refractivity contribution in [3.63, 3.8) is 0 Å². The second-order valence-electron chi connectivity index (χ2n) is 6.59. The first-order chi connectivity index (χ1) is 12.6. The molecular formula is C19H16N4OS2. The molecule has 0 spiro atoms. The fourth-order valence-electron chi connectivity index (χ4n) is 3.55. The lowest BCUT2D eigenvalue weighted by Gasteiger charge is -2.23. The third kappa shape index (κ3) is 2.39. The van der Waals surface area contributed by atoms with Crippen LogP contribution in [0.5, 0.6) is 0 Å². The predicted octanol–water partition coefficient (Wildman–Crippen LogP) is 4.63. The van der Waals surface area contributed by atoms with E-state index in [0.29, 0.717) is 6.42 Å². The lowest BCUT2D eigenvalue weighted by Crippen LogP contribution is -2.24. The molecule has 0 fully saturated rings. The van der Waals surface area contributed by atoms with E-state index in [1.807, 2.05) is 13.0 Å². The van der Waals surface area contributed by atoms with Gasteiger partial charge in [0.25, 0.3) is 0 Å². The van der Waals surface area contributed by atoms with Gasteiger partial charge in [-0.25, -0.2) is 4.98 Å².